The Kier molecular flexibility index (Phi) is 7.86. The molecule has 0 spiro atoms. The third kappa shape index (κ3) is 5.68. The normalized spacial score (nSPS) is 21.3. The van der Waals surface area contributed by atoms with Crippen LogP contribution in [0.4, 0.5) is 0 Å². The molecular formula is C22H35N3O4. The highest BCUT2D eigenvalue weighted by atomic mass is 16.5. The number of hydrogen-bond donors (Lipinski definition) is 1. The molecule has 0 saturated carbocycles. The van der Waals surface area contributed by atoms with Crippen molar-refractivity contribution in [1.29, 1.82) is 0 Å². The first kappa shape index (κ1) is 22.0. The summed E-state index contributed by atoms with van der Waals surface area (Å²) in [5.74, 6) is 1.14. The Balaban J connectivity index is 1.60. The second kappa shape index (κ2) is 10.4. The van der Waals surface area contributed by atoms with Gasteiger partial charge in [0.1, 0.15) is 11.3 Å². The van der Waals surface area contributed by atoms with Crippen LogP contribution in [0.5, 0.6) is 0 Å². The van der Waals surface area contributed by atoms with Crippen molar-refractivity contribution in [2.24, 2.45) is 5.92 Å². The molecule has 0 aromatic carbocycles. The summed E-state index contributed by atoms with van der Waals surface area (Å²) in [7, 11) is 3.52. The number of nitrogens with one attached hydrogen (secondary N) is 1. The third-order valence-electron chi connectivity index (χ3n) is 6.28. The van der Waals surface area contributed by atoms with Crippen LogP contribution in [0.15, 0.2) is 15.3 Å². The predicted molar refractivity (Wildman–Crippen MR) is 113 cm³/mol. The zero-order chi connectivity index (χ0) is 20.8. The fraction of sp³-hybridized carbons (Fsp3) is 0.727. The number of ether oxygens (including phenoxy) is 1. The molecule has 2 fully saturated rings. The Morgan fingerprint density at radius 3 is 2.72 bits per heavy atom. The number of amides is 1. The molecule has 7 nitrogen and oxygen atoms in total. The number of hydrogen-bond acceptors (Lipinski definition) is 6. The zero-order valence-corrected chi connectivity index (χ0v) is 18.0. The Labute approximate surface area is 173 Å². The zero-order valence-electron chi connectivity index (χ0n) is 18.0. The summed E-state index contributed by atoms with van der Waals surface area (Å²) in [6.45, 7) is 8.11. The molecule has 3 rings (SSSR count). The molecule has 0 aliphatic carbocycles. The van der Waals surface area contributed by atoms with Gasteiger partial charge in [-0.3, -0.25) is 4.79 Å². The van der Waals surface area contributed by atoms with E-state index in [1.165, 1.54) is 0 Å². The summed E-state index contributed by atoms with van der Waals surface area (Å²) < 4.78 is 10.7. The molecule has 29 heavy (non-hydrogen) atoms. The van der Waals surface area contributed by atoms with Crippen LogP contribution < -0.4 is 10.9 Å². The summed E-state index contributed by atoms with van der Waals surface area (Å²) in [6.07, 6.45) is 4.19. The van der Waals surface area contributed by atoms with Crippen molar-refractivity contribution >= 4 is 5.91 Å². The van der Waals surface area contributed by atoms with E-state index < -0.39 is 5.63 Å². The van der Waals surface area contributed by atoms with Crippen molar-refractivity contribution in [3.8, 4) is 0 Å². The van der Waals surface area contributed by atoms with Gasteiger partial charge < -0.3 is 24.3 Å². The van der Waals surface area contributed by atoms with Gasteiger partial charge in [-0.1, -0.05) is 0 Å². The number of rotatable bonds is 7. The first-order valence-electron chi connectivity index (χ1n) is 10.8. The number of carbonyl (C=O) groups excluding carboxylic acids is 1. The molecule has 0 radical (unpaired) electrons. The molecule has 2 aliphatic rings. The Morgan fingerprint density at radius 1 is 1.34 bits per heavy atom. The predicted octanol–water partition coefficient (Wildman–Crippen LogP) is 1.85. The minimum Gasteiger partial charge on any atom is -0.427 e. The summed E-state index contributed by atoms with van der Waals surface area (Å²) in [4.78, 5) is 29.7. The highest BCUT2D eigenvalue weighted by Crippen LogP contribution is 2.24. The molecule has 1 amide bonds. The average Bonchev–Trinajstić information content (AvgIpc) is 2.73. The van der Waals surface area contributed by atoms with Crippen LogP contribution in [0.2, 0.25) is 0 Å². The molecule has 3 heterocycles. The van der Waals surface area contributed by atoms with Gasteiger partial charge in [-0.25, -0.2) is 4.79 Å². The van der Waals surface area contributed by atoms with E-state index in [2.05, 4.69) is 10.2 Å². The van der Waals surface area contributed by atoms with Crippen molar-refractivity contribution in [2.45, 2.75) is 38.5 Å². The van der Waals surface area contributed by atoms with E-state index in [1.54, 1.807) is 19.1 Å². The largest absolute Gasteiger partial charge is 0.427 e. The maximum atomic E-state index is 13.0. The van der Waals surface area contributed by atoms with Gasteiger partial charge in [0.2, 0.25) is 0 Å². The highest BCUT2D eigenvalue weighted by molar-refractivity contribution is 5.95. The first-order chi connectivity index (χ1) is 14.0. The first-order valence-corrected chi connectivity index (χ1v) is 10.8. The quantitative estimate of drug-likeness (QED) is 0.746. The van der Waals surface area contributed by atoms with Crippen LogP contribution in [0, 0.1) is 12.8 Å². The van der Waals surface area contributed by atoms with Crippen LogP contribution in [-0.2, 0) is 4.74 Å². The lowest BCUT2D eigenvalue weighted by atomic mass is 9.94. The second-order valence-corrected chi connectivity index (χ2v) is 8.50. The van der Waals surface area contributed by atoms with Crippen molar-refractivity contribution in [2.75, 3.05) is 60.0 Å². The molecule has 162 valence electrons. The molecule has 1 aromatic heterocycles. The second-order valence-electron chi connectivity index (χ2n) is 8.50. The van der Waals surface area contributed by atoms with E-state index in [0.717, 1.165) is 65.0 Å². The molecule has 2 saturated heterocycles. The van der Waals surface area contributed by atoms with Gasteiger partial charge in [-0.2, -0.15) is 0 Å². The molecule has 2 aliphatic heterocycles. The SMILES string of the molecule is COCCN1CCC(CN(C)C(=O)c2c(C)cc(C3CCCNC3)oc2=O)CC1. The third-order valence-corrected chi connectivity index (χ3v) is 6.28. The summed E-state index contributed by atoms with van der Waals surface area (Å²) in [5.41, 5.74) is 0.391. The topological polar surface area (TPSA) is 75.0 Å². The Morgan fingerprint density at radius 2 is 2.10 bits per heavy atom. The van der Waals surface area contributed by atoms with Gasteiger partial charge in [0, 0.05) is 39.7 Å². The highest BCUT2D eigenvalue weighted by Gasteiger charge is 2.26. The lowest BCUT2D eigenvalue weighted by molar-refractivity contribution is 0.0718. The van der Waals surface area contributed by atoms with E-state index in [0.29, 0.717) is 23.8 Å². The lowest BCUT2D eigenvalue weighted by Crippen LogP contribution is -2.41. The van der Waals surface area contributed by atoms with E-state index in [-0.39, 0.29) is 17.4 Å². The van der Waals surface area contributed by atoms with Crippen molar-refractivity contribution < 1.29 is 13.9 Å². The van der Waals surface area contributed by atoms with Crippen LogP contribution in [0.25, 0.3) is 0 Å². The lowest BCUT2D eigenvalue weighted by Gasteiger charge is -2.33. The van der Waals surface area contributed by atoms with E-state index in [1.807, 2.05) is 13.0 Å². The van der Waals surface area contributed by atoms with E-state index in [9.17, 15) is 9.59 Å². The molecule has 1 unspecified atom stereocenters. The molecule has 1 aromatic rings. The monoisotopic (exact) mass is 405 g/mol. The number of likely N-dealkylation sites (tertiary alicyclic amines) is 1. The molecular weight excluding hydrogens is 370 g/mol. The summed E-state index contributed by atoms with van der Waals surface area (Å²) in [5, 5.41) is 3.34. The average molecular weight is 406 g/mol. The fourth-order valence-electron chi connectivity index (χ4n) is 4.46. The Hall–Kier alpha value is -1.70. The Bertz CT molecular complexity index is 734. The van der Waals surface area contributed by atoms with Crippen molar-refractivity contribution in [3.63, 3.8) is 0 Å². The summed E-state index contributed by atoms with van der Waals surface area (Å²) in [6, 6.07) is 1.88. The molecule has 1 N–H and O–H groups in total. The molecule has 1 atom stereocenters. The van der Waals surface area contributed by atoms with Crippen LogP contribution >= 0.6 is 0 Å². The smallest absolute Gasteiger partial charge is 0.349 e. The maximum absolute atomic E-state index is 13.0. The van der Waals surface area contributed by atoms with Gasteiger partial charge in [-0.15, -0.1) is 0 Å². The minimum absolute atomic E-state index is 0.178. The van der Waals surface area contributed by atoms with Gasteiger partial charge in [0.05, 0.1) is 6.61 Å². The van der Waals surface area contributed by atoms with Gasteiger partial charge >= 0.3 is 5.63 Å². The van der Waals surface area contributed by atoms with Gasteiger partial charge in [-0.05, 0) is 69.8 Å². The number of methoxy groups -OCH3 is 1. The number of piperidine rings is 2. The van der Waals surface area contributed by atoms with Gasteiger partial charge in [0.25, 0.3) is 5.91 Å². The van der Waals surface area contributed by atoms with E-state index >= 15 is 0 Å². The van der Waals surface area contributed by atoms with Crippen molar-refractivity contribution in [3.05, 3.63) is 33.4 Å². The van der Waals surface area contributed by atoms with Crippen LogP contribution in [0.1, 0.15) is 53.3 Å². The van der Waals surface area contributed by atoms with Crippen LogP contribution in [-0.4, -0.2) is 75.7 Å². The maximum Gasteiger partial charge on any atom is 0.349 e. The van der Waals surface area contributed by atoms with Crippen molar-refractivity contribution in [1.82, 2.24) is 15.1 Å². The standard InChI is InChI=1S/C22H35N3O4/c1-16-13-19(18-5-4-8-23-14-18)29-22(27)20(16)21(26)24(2)15-17-6-9-25(10-7-17)11-12-28-3/h13,17-18,23H,4-12,14-15H2,1-3H3. The van der Waals surface area contributed by atoms with Gasteiger partial charge in [0.15, 0.2) is 0 Å². The molecule has 0 bridgehead atoms. The minimum atomic E-state index is -0.503. The number of aryl methyl sites for hydroxylation is 1. The van der Waals surface area contributed by atoms with E-state index in [4.69, 9.17) is 9.15 Å². The number of nitrogens with zero attached hydrogens (tertiary/aromatic N) is 2. The summed E-state index contributed by atoms with van der Waals surface area (Å²) >= 11 is 0. The van der Waals surface area contributed by atoms with Crippen LogP contribution in [0.3, 0.4) is 0 Å². The fourth-order valence-corrected chi connectivity index (χ4v) is 4.46. The number of carbonyl (C=O) groups is 1. The molecule has 7 heteroatoms.